The second kappa shape index (κ2) is 8.63. The summed E-state index contributed by atoms with van der Waals surface area (Å²) >= 11 is 0. The molecule has 0 bridgehead atoms. The molecule has 0 unspecified atom stereocenters. The number of nitrogens with one attached hydrogen (secondary N) is 1. The molecule has 0 aliphatic carbocycles. The molecule has 29 heavy (non-hydrogen) atoms. The minimum atomic E-state index is -2.65. The van der Waals surface area contributed by atoms with Gasteiger partial charge in [-0.2, -0.15) is 0 Å². The van der Waals surface area contributed by atoms with Gasteiger partial charge in [0.25, 0.3) is 0 Å². The summed E-state index contributed by atoms with van der Waals surface area (Å²) in [5.41, 5.74) is 5.86. The fourth-order valence-electron chi connectivity index (χ4n) is 2.76. The number of carbonyl (C=O) groups is 1. The Hall–Kier alpha value is -3.56. The van der Waals surface area contributed by atoms with Gasteiger partial charge in [0.15, 0.2) is 11.6 Å². The number of anilines is 1. The van der Waals surface area contributed by atoms with E-state index in [4.69, 9.17) is 20.0 Å². The van der Waals surface area contributed by atoms with E-state index in [1.165, 1.54) is 29.3 Å². The molecule has 10 heteroatoms. The van der Waals surface area contributed by atoms with Gasteiger partial charge in [-0.1, -0.05) is 23.4 Å². The second-order valence-electron chi connectivity index (χ2n) is 6.28. The van der Waals surface area contributed by atoms with Crippen molar-refractivity contribution in [2.75, 3.05) is 25.0 Å². The highest BCUT2D eigenvalue weighted by Gasteiger charge is 2.26. The number of hydrogen-bond donors (Lipinski definition) is 2. The summed E-state index contributed by atoms with van der Waals surface area (Å²) in [6.45, 7) is -0.0718. The van der Waals surface area contributed by atoms with E-state index >= 15 is 0 Å². The van der Waals surface area contributed by atoms with Crippen molar-refractivity contribution in [2.24, 2.45) is 10.9 Å². The molecular weight excluding hydrogens is 384 g/mol. The van der Waals surface area contributed by atoms with Gasteiger partial charge in [0.1, 0.15) is 31.7 Å². The number of esters is 1. The van der Waals surface area contributed by atoms with E-state index in [0.717, 1.165) is 6.07 Å². The summed E-state index contributed by atoms with van der Waals surface area (Å²) in [6, 6.07) is 5.51. The lowest BCUT2D eigenvalue weighted by atomic mass is 10.0. The quantitative estimate of drug-likeness (QED) is 0.315. The molecule has 1 saturated heterocycles. The van der Waals surface area contributed by atoms with Crippen molar-refractivity contribution in [3.8, 4) is 11.1 Å². The third-order valence-corrected chi connectivity index (χ3v) is 4.16. The van der Waals surface area contributed by atoms with Crippen LogP contribution in [0.5, 0.6) is 0 Å². The Morgan fingerprint density at radius 3 is 2.93 bits per heavy atom. The summed E-state index contributed by atoms with van der Waals surface area (Å²) in [5, 5.41) is 10.6. The topological polar surface area (TPSA) is 114 Å². The van der Waals surface area contributed by atoms with Crippen LogP contribution in [0.25, 0.3) is 11.1 Å². The van der Waals surface area contributed by atoms with Crippen LogP contribution in [0.15, 0.2) is 35.6 Å². The van der Waals surface area contributed by atoms with Crippen LogP contribution in [0.4, 0.5) is 14.6 Å². The van der Waals surface area contributed by atoms with Crippen molar-refractivity contribution in [2.45, 2.75) is 13.0 Å². The van der Waals surface area contributed by atoms with Crippen molar-refractivity contribution in [3.63, 3.8) is 0 Å². The van der Waals surface area contributed by atoms with Crippen LogP contribution in [0, 0.1) is 17.0 Å². The molecule has 3 rings (SSSR count). The number of nitrogens with zero attached hydrogens (tertiary/aromatic N) is 3. The third kappa shape index (κ3) is 4.65. The maximum Gasteiger partial charge on any atom is 0.313 e. The fourth-order valence-corrected chi connectivity index (χ4v) is 2.76. The van der Waals surface area contributed by atoms with Crippen LogP contribution in [0.2, 0.25) is 0 Å². The first-order valence-corrected chi connectivity index (χ1v) is 8.44. The molecule has 0 saturated carbocycles. The minimum Gasteiger partial charge on any atom is -0.460 e. The molecule has 152 valence electrons. The highest BCUT2D eigenvalue weighted by molar-refractivity contribution is 5.99. The van der Waals surface area contributed by atoms with Gasteiger partial charge in [-0.25, -0.2) is 13.8 Å². The van der Waals surface area contributed by atoms with Gasteiger partial charge in [-0.3, -0.25) is 10.2 Å². The molecule has 2 heterocycles. The molecule has 3 N–H and O–H groups in total. The third-order valence-electron chi connectivity index (χ3n) is 4.16. The zero-order chi connectivity index (χ0) is 23.5. The van der Waals surface area contributed by atoms with E-state index in [2.05, 4.69) is 15.0 Å². The number of halogens is 2. The number of ether oxygens (including phenoxy) is 1. The Balaban J connectivity index is 1.70. The molecule has 8 nitrogen and oxygen atoms in total. The molecule has 1 aliphatic heterocycles. The number of rotatable bonds is 7. The Morgan fingerprint density at radius 1 is 1.45 bits per heavy atom. The smallest absolute Gasteiger partial charge is 0.313 e. The molecular formula is C19H19F2N5O3. The molecule has 0 spiro atoms. The summed E-state index contributed by atoms with van der Waals surface area (Å²) < 4.78 is 55.2. The first kappa shape index (κ1) is 16.4. The van der Waals surface area contributed by atoms with Crippen molar-refractivity contribution >= 4 is 23.3 Å². The standard InChI is InChI=1S/C19H19F2N5O3/c1-28-25-13-8-26(9-13)19-15(20)5-12(7-24-19)14-4-2-3-11(18(14)21)10-29-17(27)6-16(22)23/h2-5,7H,6,8-10H2,1H3,(H3,22,23)/i1D3. The summed E-state index contributed by atoms with van der Waals surface area (Å²) in [7, 11) is -2.65. The average molecular weight is 406 g/mol. The highest BCUT2D eigenvalue weighted by atomic mass is 19.1. The zero-order valence-electron chi connectivity index (χ0n) is 18.1. The summed E-state index contributed by atoms with van der Waals surface area (Å²) in [6.07, 6.45) is 0.902. The average Bonchev–Trinajstić information content (AvgIpc) is 2.65. The highest BCUT2D eigenvalue weighted by Crippen LogP contribution is 2.29. The van der Waals surface area contributed by atoms with E-state index in [-0.39, 0.29) is 48.0 Å². The van der Waals surface area contributed by atoms with Crippen LogP contribution in [-0.4, -0.2) is 42.6 Å². The number of amidine groups is 1. The Bertz CT molecular complexity index is 1070. The molecule has 2 aromatic rings. The lowest BCUT2D eigenvalue weighted by Crippen LogP contribution is -2.48. The Labute approximate surface area is 169 Å². The SMILES string of the molecule is [2H]C([2H])([2H])ON=C1CN(c2ncc(-c3cccc(COC(=O)CC(=N)N)c3F)cc2F)C1. The van der Waals surface area contributed by atoms with Crippen LogP contribution in [0.1, 0.15) is 16.1 Å². The minimum absolute atomic E-state index is 0.0105. The molecule has 0 amide bonds. The van der Waals surface area contributed by atoms with E-state index in [1.54, 1.807) is 0 Å². The normalized spacial score (nSPS) is 14.9. The number of pyridine rings is 1. The number of hydrogen-bond acceptors (Lipinski definition) is 7. The number of nitrogens with two attached hydrogens (primary N) is 1. The van der Waals surface area contributed by atoms with E-state index < -0.39 is 31.1 Å². The molecule has 1 fully saturated rings. The largest absolute Gasteiger partial charge is 0.460 e. The van der Waals surface area contributed by atoms with Crippen molar-refractivity contribution in [3.05, 3.63) is 47.7 Å². The number of carbonyl (C=O) groups excluding carboxylic acids is 1. The van der Waals surface area contributed by atoms with Gasteiger partial charge in [-0.05, 0) is 6.07 Å². The maximum atomic E-state index is 14.9. The molecule has 1 aromatic carbocycles. The second-order valence-corrected chi connectivity index (χ2v) is 6.28. The van der Waals surface area contributed by atoms with Crippen molar-refractivity contribution < 1.29 is 27.3 Å². The van der Waals surface area contributed by atoms with Gasteiger partial charge in [0.05, 0.1) is 22.9 Å². The Morgan fingerprint density at radius 2 is 2.24 bits per heavy atom. The molecule has 0 radical (unpaired) electrons. The maximum absolute atomic E-state index is 14.9. The first-order valence-electron chi connectivity index (χ1n) is 9.94. The van der Waals surface area contributed by atoms with Gasteiger partial charge in [-0.15, -0.1) is 0 Å². The monoisotopic (exact) mass is 406 g/mol. The summed E-state index contributed by atoms with van der Waals surface area (Å²) in [4.78, 5) is 21.4. The predicted octanol–water partition coefficient (Wildman–Crippen LogP) is 2.22. The first-order chi connectivity index (χ1) is 15.0. The molecule has 0 atom stereocenters. The number of oxime groups is 1. The molecule has 1 aliphatic rings. The predicted molar refractivity (Wildman–Crippen MR) is 103 cm³/mol. The van der Waals surface area contributed by atoms with E-state index in [9.17, 15) is 13.6 Å². The number of aromatic nitrogens is 1. The van der Waals surface area contributed by atoms with Gasteiger partial charge >= 0.3 is 5.97 Å². The van der Waals surface area contributed by atoms with E-state index in [0.29, 0.717) is 5.71 Å². The zero-order valence-corrected chi connectivity index (χ0v) is 15.1. The van der Waals surface area contributed by atoms with Crippen LogP contribution in [-0.2, 0) is 21.0 Å². The lowest BCUT2D eigenvalue weighted by Gasteiger charge is -2.33. The molecule has 1 aromatic heterocycles. The number of benzene rings is 1. The van der Waals surface area contributed by atoms with Crippen molar-refractivity contribution in [1.82, 2.24) is 4.98 Å². The fraction of sp³-hybridized carbons (Fsp3) is 0.263. The van der Waals surface area contributed by atoms with Crippen LogP contribution < -0.4 is 10.6 Å². The van der Waals surface area contributed by atoms with E-state index in [1.807, 2.05) is 0 Å². The van der Waals surface area contributed by atoms with Gasteiger partial charge < -0.3 is 20.2 Å². The lowest BCUT2D eigenvalue weighted by molar-refractivity contribution is -0.143. The summed E-state index contributed by atoms with van der Waals surface area (Å²) in [5.74, 6) is -2.51. The van der Waals surface area contributed by atoms with Gasteiger partial charge in [0.2, 0.25) is 0 Å². The van der Waals surface area contributed by atoms with Gasteiger partial charge in [0, 0.05) is 22.9 Å². The van der Waals surface area contributed by atoms with Crippen LogP contribution >= 0.6 is 0 Å². The van der Waals surface area contributed by atoms with Crippen molar-refractivity contribution in [1.29, 1.82) is 5.41 Å². The Kier molecular flexibility index (Phi) is 4.88. The van der Waals surface area contributed by atoms with Crippen LogP contribution in [0.3, 0.4) is 0 Å².